The van der Waals surface area contributed by atoms with Gasteiger partial charge in [0.25, 0.3) is 0 Å². The van der Waals surface area contributed by atoms with E-state index in [1.54, 1.807) is 11.9 Å². The van der Waals surface area contributed by atoms with Gasteiger partial charge in [-0.15, -0.1) is 0 Å². The summed E-state index contributed by atoms with van der Waals surface area (Å²) in [6, 6.07) is 1.98. The second kappa shape index (κ2) is 2.97. The lowest BCUT2D eigenvalue weighted by atomic mass is 10.2. The highest BCUT2D eigenvalue weighted by molar-refractivity contribution is 6.01. The van der Waals surface area contributed by atoms with E-state index >= 15 is 0 Å². The molecule has 1 amide bonds. The van der Waals surface area contributed by atoms with Crippen molar-refractivity contribution >= 4 is 17.4 Å². The van der Waals surface area contributed by atoms with Crippen LogP contribution in [-0.4, -0.2) is 31.5 Å². The number of carbonyl (C=O) groups excluding carboxylic acids is 1. The summed E-state index contributed by atoms with van der Waals surface area (Å²) in [6.07, 6.45) is 1.82. The molecule has 4 nitrogen and oxygen atoms in total. The average molecular weight is 191 g/mol. The molecule has 14 heavy (non-hydrogen) atoms. The Morgan fingerprint density at radius 3 is 2.86 bits per heavy atom. The van der Waals surface area contributed by atoms with Crippen molar-refractivity contribution in [2.24, 2.45) is 0 Å². The van der Waals surface area contributed by atoms with Gasteiger partial charge in [0.2, 0.25) is 5.91 Å². The van der Waals surface area contributed by atoms with Gasteiger partial charge < -0.3 is 9.80 Å². The second-order valence-electron chi connectivity index (χ2n) is 3.66. The van der Waals surface area contributed by atoms with Crippen LogP contribution in [0.1, 0.15) is 5.56 Å². The van der Waals surface area contributed by atoms with Crippen molar-refractivity contribution in [3.63, 3.8) is 0 Å². The molecule has 2 rings (SSSR count). The zero-order valence-corrected chi connectivity index (χ0v) is 8.61. The van der Waals surface area contributed by atoms with Crippen LogP contribution >= 0.6 is 0 Å². The molecule has 1 aromatic heterocycles. The standard InChI is InChI=1S/C10H13N3O/c1-7-4-8-10(11-5-7)12(2)6-9(14)13(8)3/h4-5H,6H2,1-3H3. The number of nitrogens with zero attached hydrogens (tertiary/aromatic N) is 3. The van der Waals surface area contributed by atoms with Gasteiger partial charge in [-0.25, -0.2) is 4.98 Å². The van der Waals surface area contributed by atoms with Crippen LogP contribution in [0.2, 0.25) is 0 Å². The molecule has 0 atom stereocenters. The Hall–Kier alpha value is -1.58. The number of anilines is 2. The molecule has 0 spiro atoms. The molecule has 1 aliphatic heterocycles. The lowest BCUT2D eigenvalue weighted by Gasteiger charge is -2.31. The van der Waals surface area contributed by atoms with Crippen LogP contribution < -0.4 is 9.80 Å². The number of amides is 1. The summed E-state index contributed by atoms with van der Waals surface area (Å²) in [5.41, 5.74) is 1.96. The first-order valence-electron chi connectivity index (χ1n) is 4.54. The van der Waals surface area contributed by atoms with Gasteiger partial charge in [-0.05, 0) is 18.6 Å². The van der Waals surface area contributed by atoms with E-state index in [0.29, 0.717) is 6.54 Å². The van der Waals surface area contributed by atoms with Crippen molar-refractivity contribution in [3.8, 4) is 0 Å². The van der Waals surface area contributed by atoms with E-state index in [2.05, 4.69) is 4.98 Å². The summed E-state index contributed by atoms with van der Waals surface area (Å²) in [5, 5.41) is 0. The van der Waals surface area contributed by atoms with Gasteiger partial charge in [-0.3, -0.25) is 4.79 Å². The van der Waals surface area contributed by atoms with Gasteiger partial charge in [0.05, 0.1) is 12.2 Å². The Morgan fingerprint density at radius 2 is 2.14 bits per heavy atom. The molecule has 0 aliphatic carbocycles. The molecule has 1 aliphatic rings. The smallest absolute Gasteiger partial charge is 0.246 e. The van der Waals surface area contributed by atoms with Gasteiger partial charge >= 0.3 is 0 Å². The number of carbonyl (C=O) groups is 1. The quantitative estimate of drug-likeness (QED) is 0.608. The fraction of sp³-hybridized carbons (Fsp3) is 0.400. The van der Waals surface area contributed by atoms with E-state index < -0.39 is 0 Å². The molecule has 74 valence electrons. The molecule has 2 heterocycles. The van der Waals surface area contributed by atoms with E-state index in [1.165, 1.54) is 0 Å². The fourth-order valence-corrected chi connectivity index (χ4v) is 1.61. The van der Waals surface area contributed by atoms with Crippen LogP contribution in [0.5, 0.6) is 0 Å². The molecule has 0 saturated carbocycles. The molecule has 4 heteroatoms. The van der Waals surface area contributed by atoms with Gasteiger partial charge in [-0.2, -0.15) is 0 Å². The van der Waals surface area contributed by atoms with Gasteiger partial charge in [0.15, 0.2) is 5.82 Å². The number of pyridine rings is 1. The fourth-order valence-electron chi connectivity index (χ4n) is 1.61. The van der Waals surface area contributed by atoms with Crippen LogP contribution in [-0.2, 0) is 4.79 Å². The van der Waals surface area contributed by atoms with Crippen LogP contribution in [0.3, 0.4) is 0 Å². The Labute approximate surface area is 83.2 Å². The predicted molar refractivity (Wildman–Crippen MR) is 55.7 cm³/mol. The topological polar surface area (TPSA) is 36.4 Å². The normalized spacial score (nSPS) is 15.8. The number of rotatable bonds is 0. The van der Waals surface area contributed by atoms with E-state index in [1.807, 2.05) is 31.1 Å². The maximum absolute atomic E-state index is 11.5. The van der Waals surface area contributed by atoms with E-state index in [-0.39, 0.29) is 5.91 Å². The highest BCUT2D eigenvalue weighted by Gasteiger charge is 2.25. The molecule has 0 aromatic carbocycles. The Morgan fingerprint density at radius 1 is 1.43 bits per heavy atom. The molecular weight excluding hydrogens is 178 g/mol. The average Bonchev–Trinajstić information content (AvgIpc) is 2.14. The highest BCUT2D eigenvalue weighted by atomic mass is 16.2. The van der Waals surface area contributed by atoms with Crippen LogP contribution in [0.15, 0.2) is 12.3 Å². The third-order valence-corrected chi connectivity index (χ3v) is 2.45. The zero-order chi connectivity index (χ0) is 10.3. The van der Waals surface area contributed by atoms with Crippen molar-refractivity contribution in [1.82, 2.24) is 4.98 Å². The van der Waals surface area contributed by atoms with E-state index in [0.717, 1.165) is 17.1 Å². The Bertz CT molecular complexity index is 389. The first-order valence-corrected chi connectivity index (χ1v) is 4.54. The van der Waals surface area contributed by atoms with Crippen molar-refractivity contribution in [3.05, 3.63) is 17.8 Å². The Kier molecular flexibility index (Phi) is 1.91. The summed E-state index contributed by atoms with van der Waals surface area (Å²) in [6.45, 7) is 2.37. The minimum atomic E-state index is 0.104. The predicted octanol–water partition coefficient (Wildman–Crippen LogP) is 0.803. The van der Waals surface area contributed by atoms with Gasteiger partial charge in [0.1, 0.15) is 0 Å². The highest BCUT2D eigenvalue weighted by Crippen LogP contribution is 2.29. The van der Waals surface area contributed by atoms with Crippen LogP contribution in [0.4, 0.5) is 11.5 Å². The maximum atomic E-state index is 11.5. The number of hydrogen-bond donors (Lipinski definition) is 0. The van der Waals surface area contributed by atoms with Crippen molar-refractivity contribution < 1.29 is 4.79 Å². The zero-order valence-electron chi connectivity index (χ0n) is 8.61. The third-order valence-electron chi connectivity index (χ3n) is 2.45. The largest absolute Gasteiger partial charge is 0.349 e. The van der Waals surface area contributed by atoms with Crippen LogP contribution in [0, 0.1) is 6.92 Å². The Balaban J connectivity index is 2.56. The summed E-state index contributed by atoms with van der Waals surface area (Å²) < 4.78 is 0. The summed E-state index contributed by atoms with van der Waals surface area (Å²) in [4.78, 5) is 19.4. The monoisotopic (exact) mass is 191 g/mol. The SMILES string of the molecule is Cc1cnc2c(c1)N(C)C(=O)CN2C. The minimum Gasteiger partial charge on any atom is -0.349 e. The lowest BCUT2D eigenvalue weighted by Crippen LogP contribution is -2.42. The van der Waals surface area contributed by atoms with Gasteiger partial charge in [-0.1, -0.05) is 0 Å². The summed E-state index contributed by atoms with van der Waals surface area (Å²) in [7, 11) is 3.67. The van der Waals surface area contributed by atoms with Crippen molar-refractivity contribution in [2.45, 2.75) is 6.92 Å². The molecule has 1 aromatic rings. The lowest BCUT2D eigenvalue weighted by molar-refractivity contribution is -0.117. The number of aromatic nitrogens is 1. The minimum absolute atomic E-state index is 0.104. The van der Waals surface area contributed by atoms with Crippen LogP contribution in [0.25, 0.3) is 0 Å². The number of likely N-dealkylation sites (N-methyl/N-ethyl adjacent to an activating group) is 2. The molecule has 0 unspecified atom stereocenters. The van der Waals surface area contributed by atoms with Crippen molar-refractivity contribution in [2.75, 3.05) is 30.4 Å². The first kappa shape index (κ1) is 8.99. The molecular formula is C10H13N3O. The van der Waals surface area contributed by atoms with E-state index in [4.69, 9.17) is 0 Å². The summed E-state index contributed by atoms with van der Waals surface area (Å²) in [5.74, 6) is 0.977. The van der Waals surface area contributed by atoms with E-state index in [9.17, 15) is 4.79 Å². The maximum Gasteiger partial charge on any atom is 0.246 e. The molecule has 0 fully saturated rings. The first-order chi connectivity index (χ1) is 6.59. The van der Waals surface area contributed by atoms with Gasteiger partial charge in [0, 0.05) is 20.3 Å². The molecule has 0 bridgehead atoms. The number of fused-ring (bicyclic) bond motifs is 1. The molecule has 0 radical (unpaired) electrons. The summed E-state index contributed by atoms with van der Waals surface area (Å²) >= 11 is 0. The molecule has 0 saturated heterocycles. The number of aryl methyl sites for hydroxylation is 1. The number of hydrogen-bond acceptors (Lipinski definition) is 3. The van der Waals surface area contributed by atoms with Crippen molar-refractivity contribution in [1.29, 1.82) is 0 Å². The second-order valence-corrected chi connectivity index (χ2v) is 3.66. The third kappa shape index (κ3) is 1.23. The molecule has 0 N–H and O–H groups in total.